The number of rotatable bonds is 6. The number of primary amides is 1. The summed E-state index contributed by atoms with van der Waals surface area (Å²) in [5.41, 5.74) is 14.7. The number of piperidine rings is 1. The molecule has 0 unspecified atom stereocenters. The van der Waals surface area contributed by atoms with E-state index in [1.165, 1.54) is 12.4 Å². The average molecular weight is 471 g/mol. The second kappa shape index (κ2) is 10.1. The van der Waals surface area contributed by atoms with Crippen LogP contribution in [0.25, 0.3) is 0 Å². The molecule has 10 heteroatoms. The molecule has 0 aliphatic carbocycles. The summed E-state index contributed by atoms with van der Waals surface area (Å²) in [5.74, 6) is -0.0559. The van der Waals surface area contributed by atoms with E-state index in [0.29, 0.717) is 53.4 Å². The maximum atomic E-state index is 15.2. The van der Waals surface area contributed by atoms with Crippen LogP contribution in [-0.2, 0) is 6.42 Å². The molecule has 3 aromatic rings. The van der Waals surface area contributed by atoms with Crippen molar-refractivity contribution < 1.29 is 9.18 Å². The van der Waals surface area contributed by atoms with Crippen LogP contribution < -0.4 is 21.7 Å². The van der Waals surface area contributed by atoms with E-state index in [-0.39, 0.29) is 12.1 Å². The van der Waals surface area contributed by atoms with Crippen LogP contribution in [0.4, 0.5) is 21.6 Å². The number of amides is 1. The monoisotopic (exact) mass is 470 g/mol. The predicted molar refractivity (Wildman–Crippen MR) is 129 cm³/mol. The zero-order valence-corrected chi connectivity index (χ0v) is 18.8. The highest BCUT2D eigenvalue weighted by Gasteiger charge is 2.30. The topological polar surface area (TPSA) is 158 Å². The molecule has 1 aromatic carbocycles. The molecule has 4 rings (SSSR count). The fourth-order valence-electron chi connectivity index (χ4n) is 4.06. The minimum atomic E-state index is -1.24. The summed E-state index contributed by atoms with van der Waals surface area (Å²) in [7, 11) is 0. The number of carbonyl (C=O) groups is 1. The molecule has 35 heavy (non-hydrogen) atoms. The Morgan fingerprint density at radius 2 is 2.00 bits per heavy atom. The highest BCUT2D eigenvalue weighted by atomic mass is 19.1. The normalized spacial score (nSPS) is 17.3. The van der Waals surface area contributed by atoms with Crippen molar-refractivity contribution in [2.45, 2.75) is 25.1 Å². The van der Waals surface area contributed by atoms with Gasteiger partial charge in [-0.25, -0.2) is 9.37 Å². The number of benzene rings is 1. The summed E-state index contributed by atoms with van der Waals surface area (Å²) < 4.78 is 15.2. The second-order valence-electron chi connectivity index (χ2n) is 8.31. The predicted octanol–water partition coefficient (Wildman–Crippen LogP) is 2.52. The Hall–Kier alpha value is -4.70. The van der Waals surface area contributed by atoms with Gasteiger partial charge in [0.15, 0.2) is 0 Å². The number of anilines is 3. The van der Waals surface area contributed by atoms with Crippen molar-refractivity contribution in [3.05, 3.63) is 76.7 Å². The molecule has 2 atom stereocenters. The van der Waals surface area contributed by atoms with Crippen molar-refractivity contribution >= 4 is 23.1 Å². The molecule has 176 valence electrons. The highest BCUT2D eigenvalue weighted by Crippen LogP contribution is 2.26. The maximum absolute atomic E-state index is 15.2. The third-order valence-corrected chi connectivity index (χ3v) is 5.93. The Morgan fingerprint density at radius 1 is 1.17 bits per heavy atom. The number of hydrogen-bond acceptors (Lipinski definition) is 8. The van der Waals surface area contributed by atoms with Crippen molar-refractivity contribution in [3.63, 3.8) is 0 Å². The van der Waals surface area contributed by atoms with Gasteiger partial charge < -0.3 is 21.7 Å². The van der Waals surface area contributed by atoms with Crippen LogP contribution in [0.1, 0.15) is 39.2 Å². The van der Waals surface area contributed by atoms with E-state index in [0.717, 1.165) is 5.56 Å². The molecular weight excluding hydrogens is 447 g/mol. The Morgan fingerprint density at radius 3 is 2.63 bits per heavy atom. The maximum Gasteiger partial charge on any atom is 0.252 e. The van der Waals surface area contributed by atoms with Gasteiger partial charge in [0.25, 0.3) is 5.91 Å². The van der Waals surface area contributed by atoms with Crippen LogP contribution in [0.2, 0.25) is 0 Å². The molecule has 3 heterocycles. The Labute approximate surface area is 201 Å². The first-order valence-corrected chi connectivity index (χ1v) is 11.0. The minimum Gasteiger partial charge on any atom is -0.398 e. The van der Waals surface area contributed by atoms with Crippen LogP contribution >= 0.6 is 0 Å². The Kier molecular flexibility index (Phi) is 6.74. The number of nitrogens with one attached hydrogen (secondary N) is 1. The van der Waals surface area contributed by atoms with Gasteiger partial charge in [-0.3, -0.25) is 9.78 Å². The summed E-state index contributed by atoms with van der Waals surface area (Å²) in [6.45, 7) is 0.663. The minimum absolute atomic E-state index is 0.116. The fourth-order valence-corrected chi connectivity index (χ4v) is 4.06. The number of pyridine rings is 2. The van der Waals surface area contributed by atoms with Crippen molar-refractivity contribution in [1.29, 1.82) is 10.5 Å². The molecule has 9 nitrogen and oxygen atoms in total. The summed E-state index contributed by atoms with van der Waals surface area (Å²) in [6.07, 6.45) is 2.48. The van der Waals surface area contributed by atoms with Crippen LogP contribution in [0.15, 0.2) is 48.8 Å². The first-order valence-electron chi connectivity index (χ1n) is 11.0. The molecule has 1 amide bonds. The summed E-state index contributed by atoms with van der Waals surface area (Å²) in [6, 6.07) is 13.7. The fraction of sp³-hybridized carbons (Fsp3) is 0.240. The Balaban J connectivity index is 1.49. The van der Waals surface area contributed by atoms with E-state index in [1.54, 1.807) is 36.4 Å². The molecular formula is C25H23FN8O. The van der Waals surface area contributed by atoms with Gasteiger partial charge in [-0.1, -0.05) is 6.07 Å². The molecule has 1 aliphatic rings. The highest BCUT2D eigenvalue weighted by molar-refractivity contribution is 5.98. The van der Waals surface area contributed by atoms with Gasteiger partial charge >= 0.3 is 0 Å². The smallest absolute Gasteiger partial charge is 0.252 e. The third kappa shape index (κ3) is 5.28. The van der Waals surface area contributed by atoms with Crippen LogP contribution in [0, 0.1) is 22.7 Å². The quantitative estimate of drug-likeness (QED) is 0.464. The molecule has 0 bridgehead atoms. The standard InChI is InChI=1S/C25H23FN8O/c26-20-14-34(24-4-2-16(10-27)12-32-24)6-5-22(20)33-23-9-18(31-13-19(23)25(30)35)7-15-1-3-17(11-28)21(29)8-15/h1-4,8-9,12-13,20,22H,5-7,14,29H2,(H2,30,35)(H,31,33)/t20-,22+/m0/s1. The molecule has 1 saturated heterocycles. The lowest BCUT2D eigenvalue weighted by Gasteiger charge is -2.36. The lowest BCUT2D eigenvalue weighted by molar-refractivity contribution is 0.100. The first-order chi connectivity index (χ1) is 16.9. The number of alkyl halides is 1. The van der Waals surface area contributed by atoms with Gasteiger partial charge in [0.1, 0.15) is 24.1 Å². The number of hydrogen-bond donors (Lipinski definition) is 3. The van der Waals surface area contributed by atoms with Gasteiger partial charge in [-0.05, 0) is 42.3 Å². The lowest BCUT2D eigenvalue weighted by Crippen LogP contribution is -2.48. The van der Waals surface area contributed by atoms with E-state index >= 15 is 4.39 Å². The van der Waals surface area contributed by atoms with Gasteiger partial charge in [0.2, 0.25) is 0 Å². The number of nitrogen functional groups attached to an aromatic ring is 1. The van der Waals surface area contributed by atoms with Crippen molar-refractivity contribution in [3.8, 4) is 12.1 Å². The van der Waals surface area contributed by atoms with Gasteiger partial charge in [-0.2, -0.15) is 10.5 Å². The zero-order chi connectivity index (χ0) is 24.9. The Bertz CT molecular complexity index is 1330. The van der Waals surface area contributed by atoms with Crippen molar-refractivity contribution in [2.24, 2.45) is 5.73 Å². The van der Waals surface area contributed by atoms with Gasteiger partial charge in [0, 0.05) is 36.7 Å². The lowest BCUT2D eigenvalue weighted by atomic mass is 10.0. The van der Waals surface area contributed by atoms with Crippen molar-refractivity contribution in [2.75, 3.05) is 29.0 Å². The number of nitrogens with two attached hydrogens (primary N) is 2. The van der Waals surface area contributed by atoms with Crippen molar-refractivity contribution in [1.82, 2.24) is 9.97 Å². The van der Waals surface area contributed by atoms with Crippen LogP contribution in [-0.4, -0.2) is 41.2 Å². The average Bonchev–Trinajstić information content (AvgIpc) is 2.85. The SMILES string of the molecule is N#Cc1ccc(N2CC[C@@H](Nc3cc(Cc4ccc(C#N)c(N)c4)ncc3C(N)=O)[C@@H](F)C2)nc1. The molecule has 0 radical (unpaired) electrons. The number of nitrogens with zero attached hydrogens (tertiary/aromatic N) is 5. The van der Waals surface area contributed by atoms with Gasteiger partial charge in [-0.15, -0.1) is 0 Å². The van der Waals surface area contributed by atoms with E-state index < -0.39 is 18.1 Å². The van der Waals surface area contributed by atoms with Crippen LogP contribution in [0.5, 0.6) is 0 Å². The van der Waals surface area contributed by atoms with Gasteiger partial charge in [0.05, 0.1) is 35.0 Å². The number of halogens is 1. The number of carbonyl (C=O) groups excluding carboxylic acids is 1. The molecule has 1 aliphatic heterocycles. The first kappa shape index (κ1) is 23.5. The molecule has 1 fully saturated rings. The second-order valence-corrected chi connectivity index (χ2v) is 8.31. The number of nitriles is 2. The molecule has 0 saturated carbocycles. The number of aromatic nitrogens is 2. The molecule has 2 aromatic heterocycles. The van der Waals surface area contributed by atoms with E-state index in [1.807, 2.05) is 17.0 Å². The largest absolute Gasteiger partial charge is 0.398 e. The summed E-state index contributed by atoms with van der Waals surface area (Å²) >= 11 is 0. The molecule has 0 spiro atoms. The third-order valence-electron chi connectivity index (χ3n) is 5.93. The van der Waals surface area contributed by atoms with Crippen LogP contribution in [0.3, 0.4) is 0 Å². The zero-order valence-electron chi connectivity index (χ0n) is 18.8. The van der Waals surface area contributed by atoms with E-state index in [9.17, 15) is 4.79 Å². The van der Waals surface area contributed by atoms with E-state index in [4.69, 9.17) is 22.0 Å². The summed E-state index contributed by atoms with van der Waals surface area (Å²) in [5, 5.41) is 21.1. The summed E-state index contributed by atoms with van der Waals surface area (Å²) in [4.78, 5) is 22.4. The van der Waals surface area contributed by atoms with E-state index in [2.05, 4.69) is 15.3 Å². The molecule has 5 N–H and O–H groups in total.